The van der Waals surface area contributed by atoms with E-state index >= 15 is 0 Å². The van der Waals surface area contributed by atoms with Crippen LogP contribution in [0.3, 0.4) is 0 Å². The molecule has 1 amide bonds. The molecule has 19 heavy (non-hydrogen) atoms. The van der Waals surface area contributed by atoms with E-state index in [4.69, 9.17) is 5.11 Å². The van der Waals surface area contributed by atoms with Crippen molar-refractivity contribution in [2.24, 2.45) is 0 Å². The number of carboxylic acid groups (broad SMARTS) is 1. The predicted molar refractivity (Wildman–Crippen MR) is 55.5 cm³/mol. The summed E-state index contributed by atoms with van der Waals surface area (Å²) in [4.78, 5) is 22.6. The zero-order chi connectivity index (χ0) is 14.2. The molecule has 2 N–H and O–H groups in total. The molecule has 1 aromatic rings. The molecule has 1 saturated heterocycles. The van der Waals surface area contributed by atoms with E-state index in [0.29, 0.717) is 4.90 Å². The monoisotopic (exact) mass is 277 g/mol. The van der Waals surface area contributed by atoms with Gasteiger partial charge in [-0.15, -0.1) is 0 Å². The standard InChI is InChI=1S/C10H10F3N3O3/c11-10(12,13)9(19)16-2-1-5(4-16)7-6(8(17)18)3-14-15-7/h3,5H,1-2,4H2,(H,14,15)(H,17,18). The van der Waals surface area contributed by atoms with Gasteiger partial charge in [0.2, 0.25) is 0 Å². The molecule has 2 rings (SSSR count). The number of nitrogens with zero attached hydrogens (tertiary/aromatic N) is 2. The summed E-state index contributed by atoms with van der Waals surface area (Å²) in [5.41, 5.74) is 0.177. The van der Waals surface area contributed by atoms with Crippen LogP contribution in [0.5, 0.6) is 0 Å². The third-order valence-electron chi connectivity index (χ3n) is 3.03. The summed E-state index contributed by atoms with van der Waals surface area (Å²) in [6, 6.07) is 0. The topological polar surface area (TPSA) is 86.3 Å². The molecule has 0 radical (unpaired) electrons. The maximum absolute atomic E-state index is 12.3. The van der Waals surface area contributed by atoms with Gasteiger partial charge in [-0.1, -0.05) is 0 Å². The number of carbonyl (C=O) groups is 2. The molecule has 0 saturated carbocycles. The number of halogens is 3. The maximum atomic E-state index is 12.3. The molecular formula is C10H10F3N3O3. The maximum Gasteiger partial charge on any atom is 0.471 e. The molecule has 104 valence electrons. The number of amides is 1. The van der Waals surface area contributed by atoms with Crippen molar-refractivity contribution in [1.29, 1.82) is 0 Å². The Morgan fingerprint density at radius 1 is 1.47 bits per heavy atom. The third-order valence-corrected chi connectivity index (χ3v) is 3.03. The SMILES string of the molecule is O=C(O)c1cn[nH]c1C1CCN(C(=O)C(F)(F)F)C1. The Balaban J connectivity index is 2.12. The second kappa shape index (κ2) is 4.56. The third kappa shape index (κ3) is 2.54. The van der Waals surface area contributed by atoms with Gasteiger partial charge in [0.1, 0.15) is 5.56 Å². The number of carbonyl (C=O) groups excluding carboxylic acids is 1. The molecule has 0 spiro atoms. The van der Waals surface area contributed by atoms with Crippen molar-refractivity contribution < 1.29 is 27.9 Å². The number of alkyl halides is 3. The lowest BCUT2D eigenvalue weighted by Gasteiger charge is -2.17. The van der Waals surface area contributed by atoms with E-state index in [-0.39, 0.29) is 30.8 Å². The second-order valence-corrected chi connectivity index (χ2v) is 4.24. The lowest BCUT2D eigenvalue weighted by Crippen LogP contribution is -2.39. The molecule has 0 bridgehead atoms. The first-order valence-electron chi connectivity index (χ1n) is 5.43. The quantitative estimate of drug-likeness (QED) is 0.844. The number of aromatic carboxylic acids is 1. The largest absolute Gasteiger partial charge is 0.478 e. The average molecular weight is 277 g/mol. The number of nitrogens with one attached hydrogen (secondary N) is 1. The highest BCUT2D eigenvalue weighted by atomic mass is 19.4. The summed E-state index contributed by atoms with van der Waals surface area (Å²) in [5, 5.41) is 15.0. The van der Waals surface area contributed by atoms with E-state index in [1.165, 1.54) is 0 Å². The summed E-state index contributed by atoms with van der Waals surface area (Å²) in [5.74, 6) is -3.57. The van der Waals surface area contributed by atoms with Gasteiger partial charge >= 0.3 is 18.1 Å². The molecule has 1 aliphatic heterocycles. The first kappa shape index (κ1) is 13.4. The zero-order valence-corrected chi connectivity index (χ0v) is 9.57. The van der Waals surface area contributed by atoms with Gasteiger partial charge in [0.15, 0.2) is 0 Å². The minimum Gasteiger partial charge on any atom is -0.478 e. The fourth-order valence-corrected chi connectivity index (χ4v) is 2.14. The Bertz CT molecular complexity index is 512. The molecule has 6 nitrogen and oxygen atoms in total. The van der Waals surface area contributed by atoms with Crippen LogP contribution >= 0.6 is 0 Å². The van der Waals surface area contributed by atoms with Crippen LogP contribution in [0.15, 0.2) is 6.20 Å². The van der Waals surface area contributed by atoms with E-state index in [0.717, 1.165) is 6.20 Å². The van der Waals surface area contributed by atoms with Gasteiger partial charge in [0, 0.05) is 19.0 Å². The Morgan fingerprint density at radius 3 is 2.74 bits per heavy atom. The smallest absolute Gasteiger partial charge is 0.471 e. The normalized spacial score (nSPS) is 19.7. The van der Waals surface area contributed by atoms with Crippen LogP contribution in [-0.4, -0.2) is 51.3 Å². The second-order valence-electron chi connectivity index (χ2n) is 4.24. The van der Waals surface area contributed by atoms with Crippen molar-refractivity contribution in [1.82, 2.24) is 15.1 Å². The van der Waals surface area contributed by atoms with Crippen LogP contribution in [0.25, 0.3) is 0 Å². The summed E-state index contributed by atoms with van der Waals surface area (Å²) >= 11 is 0. The highest BCUT2D eigenvalue weighted by Gasteiger charge is 2.45. The van der Waals surface area contributed by atoms with Crippen LogP contribution in [-0.2, 0) is 4.79 Å². The van der Waals surface area contributed by atoms with Crippen molar-refractivity contribution in [3.8, 4) is 0 Å². The number of hydrogen-bond donors (Lipinski definition) is 2. The molecule has 1 aromatic heterocycles. The van der Waals surface area contributed by atoms with Gasteiger partial charge < -0.3 is 10.0 Å². The highest BCUT2D eigenvalue weighted by Crippen LogP contribution is 2.30. The van der Waals surface area contributed by atoms with Gasteiger partial charge in [-0.25, -0.2) is 4.79 Å². The van der Waals surface area contributed by atoms with Crippen molar-refractivity contribution in [3.63, 3.8) is 0 Å². The Labute approximate surface area is 105 Å². The van der Waals surface area contributed by atoms with Crippen LogP contribution in [0.2, 0.25) is 0 Å². The summed E-state index contributed by atoms with van der Waals surface area (Å²) in [6.45, 7) is -0.220. The van der Waals surface area contributed by atoms with Crippen molar-refractivity contribution in [2.45, 2.75) is 18.5 Å². The predicted octanol–water partition coefficient (Wildman–Crippen LogP) is 0.986. The van der Waals surface area contributed by atoms with Crippen molar-refractivity contribution in [2.75, 3.05) is 13.1 Å². The average Bonchev–Trinajstić information content (AvgIpc) is 2.95. The van der Waals surface area contributed by atoms with E-state index in [1.54, 1.807) is 0 Å². The lowest BCUT2D eigenvalue weighted by molar-refractivity contribution is -0.184. The first-order valence-corrected chi connectivity index (χ1v) is 5.43. The van der Waals surface area contributed by atoms with E-state index < -0.39 is 24.0 Å². The Hall–Kier alpha value is -2.06. The van der Waals surface area contributed by atoms with Crippen molar-refractivity contribution >= 4 is 11.9 Å². The van der Waals surface area contributed by atoms with Crippen LogP contribution in [0, 0.1) is 0 Å². The fourth-order valence-electron chi connectivity index (χ4n) is 2.14. The number of aromatic amines is 1. The van der Waals surface area contributed by atoms with Gasteiger partial charge in [0.25, 0.3) is 0 Å². The number of likely N-dealkylation sites (tertiary alicyclic amines) is 1. The lowest BCUT2D eigenvalue weighted by atomic mass is 10.0. The molecule has 9 heteroatoms. The number of rotatable bonds is 2. The molecule has 0 aliphatic carbocycles. The molecule has 1 unspecified atom stereocenters. The molecular weight excluding hydrogens is 267 g/mol. The van der Waals surface area contributed by atoms with E-state index in [1.807, 2.05) is 0 Å². The Morgan fingerprint density at radius 2 is 2.16 bits per heavy atom. The molecule has 1 atom stereocenters. The summed E-state index contributed by atoms with van der Waals surface area (Å²) in [7, 11) is 0. The van der Waals surface area contributed by atoms with E-state index in [9.17, 15) is 22.8 Å². The number of hydrogen-bond acceptors (Lipinski definition) is 3. The first-order chi connectivity index (χ1) is 8.80. The highest BCUT2D eigenvalue weighted by molar-refractivity contribution is 5.89. The summed E-state index contributed by atoms with van der Waals surface area (Å²) < 4.78 is 36.8. The summed E-state index contributed by atoms with van der Waals surface area (Å²) in [6.07, 6.45) is -3.53. The fraction of sp³-hybridized carbons (Fsp3) is 0.500. The number of carboxylic acids is 1. The minimum absolute atomic E-state index is 0.0545. The van der Waals surface area contributed by atoms with Gasteiger partial charge in [-0.05, 0) is 6.42 Å². The number of aromatic nitrogens is 2. The van der Waals surface area contributed by atoms with Crippen LogP contribution in [0.1, 0.15) is 28.4 Å². The molecule has 1 fully saturated rings. The minimum atomic E-state index is -4.90. The van der Waals surface area contributed by atoms with Gasteiger partial charge in [-0.2, -0.15) is 18.3 Å². The molecule has 1 aliphatic rings. The zero-order valence-electron chi connectivity index (χ0n) is 9.57. The van der Waals surface area contributed by atoms with E-state index in [2.05, 4.69) is 10.2 Å². The van der Waals surface area contributed by atoms with Gasteiger partial charge in [-0.3, -0.25) is 9.89 Å². The van der Waals surface area contributed by atoms with Crippen LogP contribution in [0.4, 0.5) is 13.2 Å². The van der Waals surface area contributed by atoms with Gasteiger partial charge in [0.05, 0.1) is 11.9 Å². The molecule has 0 aromatic carbocycles. The van der Waals surface area contributed by atoms with Crippen LogP contribution < -0.4 is 0 Å². The molecule has 2 heterocycles. The number of H-pyrrole nitrogens is 1. The Kier molecular flexibility index (Phi) is 3.21. The van der Waals surface area contributed by atoms with Crippen molar-refractivity contribution in [3.05, 3.63) is 17.5 Å².